The van der Waals surface area contributed by atoms with Crippen molar-refractivity contribution in [1.82, 2.24) is 4.57 Å². The van der Waals surface area contributed by atoms with E-state index in [0.29, 0.717) is 0 Å². The third kappa shape index (κ3) is 2.14. The van der Waals surface area contributed by atoms with Gasteiger partial charge in [-0.05, 0) is 35.7 Å². The molecule has 3 rings (SSSR count). The van der Waals surface area contributed by atoms with Crippen LogP contribution in [-0.4, -0.2) is 13.0 Å². The molecular weight excluding hydrogens is 260 g/mol. The van der Waals surface area contributed by atoms with E-state index in [4.69, 9.17) is 5.14 Å². The fraction of sp³-hybridized carbons (Fsp3) is 0. The Balaban J connectivity index is 2.22. The van der Waals surface area contributed by atoms with Gasteiger partial charge in [-0.15, -0.1) is 0 Å². The number of fused-ring (bicyclic) bond motifs is 1. The third-order valence-electron chi connectivity index (χ3n) is 3.02. The Labute approximate surface area is 111 Å². The Bertz CT molecular complexity index is 851. The van der Waals surface area contributed by atoms with Crippen molar-refractivity contribution in [3.05, 3.63) is 60.8 Å². The molecule has 3 aromatic rings. The zero-order valence-corrected chi connectivity index (χ0v) is 10.8. The first-order chi connectivity index (χ1) is 9.05. The smallest absolute Gasteiger partial charge is 0.238 e. The maximum absolute atomic E-state index is 11.4. The first kappa shape index (κ1) is 12.0. The number of benzene rings is 2. The SMILES string of the molecule is NS(=O)(=O)c1cccc(-n2ccc3ccccc32)c1. The van der Waals surface area contributed by atoms with Crippen LogP contribution in [0.5, 0.6) is 0 Å². The quantitative estimate of drug-likeness (QED) is 0.777. The second-order valence-electron chi connectivity index (χ2n) is 4.29. The topological polar surface area (TPSA) is 65.1 Å². The second kappa shape index (κ2) is 4.22. The number of rotatable bonds is 2. The normalized spacial score (nSPS) is 11.8. The predicted octanol–water partition coefficient (Wildman–Crippen LogP) is 2.28. The molecule has 0 bridgehead atoms. The van der Waals surface area contributed by atoms with Gasteiger partial charge >= 0.3 is 0 Å². The highest BCUT2D eigenvalue weighted by Crippen LogP contribution is 2.21. The Morgan fingerprint density at radius 3 is 2.53 bits per heavy atom. The van der Waals surface area contributed by atoms with Crippen molar-refractivity contribution in [3.8, 4) is 5.69 Å². The molecule has 1 heterocycles. The molecule has 4 nitrogen and oxygen atoms in total. The van der Waals surface area contributed by atoms with Crippen LogP contribution in [0.2, 0.25) is 0 Å². The molecule has 0 aliphatic rings. The highest BCUT2D eigenvalue weighted by molar-refractivity contribution is 7.89. The molecule has 2 aromatic carbocycles. The lowest BCUT2D eigenvalue weighted by atomic mass is 10.2. The molecule has 0 radical (unpaired) electrons. The van der Waals surface area contributed by atoms with Crippen LogP contribution in [0.15, 0.2) is 65.7 Å². The molecule has 0 spiro atoms. The zero-order chi connectivity index (χ0) is 13.5. The minimum atomic E-state index is -3.68. The zero-order valence-electron chi connectivity index (χ0n) is 10.0. The van der Waals surface area contributed by atoms with E-state index in [9.17, 15) is 8.42 Å². The second-order valence-corrected chi connectivity index (χ2v) is 5.85. The minimum Gasteiger partial charge on any atom is -0.317 e. The summed E-state index contributed by atoms with van der Waals surface area (Å²) in [5.41, 5.74) is 1.79. The molecule has 0 saturated carbocycles. The van der Waals surface area contributed by atoms with E-state index in [2.05, 4.69) is 0 Å². The van der Waals surface area contributed by atoms with Crippen LogP contribution in [0.25, 0.3) is 16.6 Å². The Morgan fingerprint density at radius 1 is 0.947 bits per heavy atom. The monoisotopic (exact) mass is 272 g/mol. The van der Waals surface area contributed by atoms with Crippen molar-refractivity contribution in [3.63, 3.8) is 0 Å². The third-order valence-corrected chi connectivity index (χ3v) is 3.93. The van der Waals surface area contributed by atoms with E-state index in [1.165, 1.54) is 6.07 Å². The van der Waals surface area contributed by atoms with Crippen molar-refractivity contribution in [2.24, 2.45) is 5.14 Å². The van der Waals surface area contributed by atoms with Crippen molar-refractivity contribution >= 4 is 20.9 Å². The van der Waals surface area contributed by atoms with Gasteiger partial charge in [-0.25, -0.2) is 13.6 Å². The van der Waals surface area contributed by atoms with E-state index < -0.39 is 10.0 Å². The highest BCUT2D eigenvalue weighted by Gasteiger charge is 2.09. The van der Waals surface area contributed by atoms with Gasteiger partial charge < -0.3 is 4.57 Å². The fourth-order valence-corrected chi connectivity index (χ4v) is 2.67. The standard InChI is InChI=1S/C14H12N2O2S/c15-19(17,18)13-6-3-5-12(10-13)16-9-8-11-4-1-2-7-14(11)16/h1-10H,(H2,15,17,18). The molecule has 0 unspecified atom stereocenters. The first-order valence-electron chi connectivity index (χ1n) is 5.75. The maximum Gasteiger partial charge on any atom is 0.238 e. The molecule has 5 heteroatoms. The van der Waals surface area contributed by atoms with Gasteiger partial charge in [-0.3, -0.25) is 0 Å². The summed E-state index contributed by atoms with van der Waals surface area (Å²) in [6, 6.07) is 16.5. The van der Waals surface area contributed by atoms with Crippen LogP contribution < -0.4 is 5.14 Å². The van der Waals surface area contributed by atoms with Gasteiger partial charge in [-0.1, -0.05) is 24.3 Å². The molecule has 0 saturated heterocycles. The summed E-state index contributed by atoms with van der Waals surface area (Å²) in [4.78, 5) is 0.114. The van der Waals surface area contributed by atoms with E-state index in [0.717, 1.165) is 16.6 Å². The summed E-state index contributed by atoms with van der Waals surface area (Å²) in [5, 5.41) is 6.26. The Hall–Kier alpha value is -2.11. The molecule has 19 heavy (non-hydrogen) atoms. The average Bonchev–Trinajstić information content (AvgIpc) is 2.82. The molecule has 2 N–H and O–H groups in total. The van der Waals surface area contributed by atoms with E-state index >= 15 is 0 Å². The molecular formula is C14H12N2O2S. The van der Waals surface area contributed by atoms with Gasteiger partial charge in [0.25, 0.3) is 0 Å². The van der Waals surface area contributed by atoms with Crippen LogP contribution >= 0.6 is 0 Å². The van der Waals surface area contributed by atoms with Gasteiger partial charge in [0, 0.05) is 11.9 Å². The number of para-hydroxylation sites is 1. The summed E-state index contributed by atoms with van der Waals surface area (Å²) in [7, 11) is -3.68. The number of nitrogens with two attached hydrogens (primary N) is 1. The summed E-state index contributed by atoms with van der Waals surface area (Å²) < 4.78 is 24.7. The molecule has 96 valence electrons. The molecule has 0 aliphatic heterocycles. The van der Waals surface area contributed by atoms with Gasteiger partial charge in [-0.2, -0.15) is 0 Å². The van der Waals surface area contributed by atoms with Crippen LogP contribution in [0.4, 0.5) is 0 Å². The van der Waals surface area contributed by atoms with E-state index in [1.807, 2.05) is 47.2 Å². The van der Waals surface area contributed by atoms with E-state index in [-0.39, 0.29) is 4.90 Å². The number of aromatic nitrogens is 1. The van der Waals surface area contributed by atoms with Crippen molar-refractivity contribution in [2.45, 2.75) is 4.90 Å². The van der Waals surface area contributed by atoms with Gasteiger partial charge in [0.2, 0.25) is 10.0 Å². The van der Waals surface area contributed by atoms with Gasteiger partial charge in [0.05, 0.1) is 10.4 Å². The number of nitrogens with zero attached hydrogens (tertiary/aromatic N) is 1. The summed E-state index contributed by atoms with van der Waals surface area (Å²) in [6.07, 6.45) is 1.91. The predicted molar refractivity (Wildman–Crippen MR) is 74.6 cm³/mol. The first-order valence-corrected chi connectivity index (χ1v) is 7.30. The van der Waals surface area contributed by atoms with Gasteiger partial charge in [0.15, 0.2) is 0 Å². The highest BCUT2D eigenvalue weighted by atomic mass is 32.2. The van der Waals surface area contributed by atoms with Crippen LogP contribution in [-0.2, 0) is 10.0 Å². The van der Waals surface area contributed by atoms with Crippen LogP contribution in [0, 0.1) is 0 Å². The Morgan fingerprint density at radius 2 is 1.74 bits per heavy atom. The van der Waals surface area contributed by atoms with Crippen LogP contribution in [0.1, 0.15) is 0 Å². The summed E-state index contributed by atoms with van der Waals surface area (Å²) in [6.45, 7) is 0. The molecule has 0 fully saturated rings. The lowest BCUT2D eigenvalue weighted by Crippen LogP contribution is -2.12. The minimum absolute atomic E-state index is 0.114. The number of hydrogen-bond acceptors (Lipinski definition) is 2. The largest absolute Gasteiger partial charge is 0.317 e. The van der Waals surface area contributed by atoms with Crippen molar-refractivity contribution < 1.29 is 8.42 Å². The lowest BCUT2D eigenvalue weighted by Gasteiger charge is -2.07. The lowest BCUT2D eigenvalue weighted by molar-refractivity contribution is 0.597. The molecule has 0 amide bonds. The molecule has 0 aliphatic carbocycles. The average molecular weight is 272 g/mol. The summed E-state index contributed by atoms with van der Waals surface area (Å²) >= 11 is 0. The van der Waals surface area contributed by atoms with Crippen molar-refractivity contribution in [2.75, 3.05) is 0 Å². The number of sulfonamides is 1. The molecule has 1 aromatic heterocycles. The number of hydrogen-bond donors (Lipinski definition) is 1. The maximum atomic E-state index is 11.4. The number of primary sulfonamides is 1. The van der Waals surface area contributed by atoms with Gasteiger partial charge in [0.1, 0.15) is 0 Å². The fourth-order valence-electron chi connectivity index (χ4n) is 2.12. The van der Waals surface area contributed by atoms with E-state index in [1.54, 1.807) is 12.1 Å². The summed E-state index contributed by atoms with van der Waals surface area (Å²) in [5.74, 6) is 0. The van der Waals surface area contributed by atoms with Crippen LogP contribution in [0.3, 0.4) is 0 Å². The molecule has 0 atom stereocenters. The Kier molecular flexibility index (Phi) is 2.66. The van der Waals surface area contributed by atoms with Crippen molar-refractivity contribution in [1.29, 1.82) is 0 Å².